The number of anilines is 1. The van der Waals surface area contributed by atoms with E-state index >= 15 is 0 Å². The monoisotopic (exact) mass is 200 g/mol. The second kappa shape index (κ2) is 3.92. The molecule has 0 heterocycles. The molecule has 0 atom stereocenters. The third kappa shape index (κ3) is 2.96. The van der Waals surface area contributed by atoms with Gasteiger partial charge in [-0.2, -0.15) is 0 Å². The molecule has 14 heavy (non-hydrogen) atoms. The molecule has 0 aromatic heterocycles. The van der Waals surface area contributed by atoms with E-state index in [4.69, 9.17) is 5.73 Å². The molecular weight excluding hydrogens is 186 g/mol. The first-order chi connectivity index (χ1) is 6.43. The van der Waals surface area contributed by atoms with Crippen molar-refractivity contribution in [3.8, 4) is 0 Å². The standard InChI is InChI=1S/C10H14F2N2/c1-10(2,6-13)14-9-4-7(11)3-8(12)5-9/h3-5,14H,6,13H2,1-2H3. The van der Waals surface area contributed by atoms with Gasteiger partial charge < -0.3 is 11.1 Å². The van der Waals surface area contributed by atoms with Crippen LogP contribution < -0.4 is 11.1 Å². The van der Waals surface area contributed by atoms with Crippen molar-refractivity contribution in [2.24, 2.45) is 5.73 Å². The molecule has 0 aliphatic carbocycles. The van der Waals surface area contributed by atoms with Gasteiger partial charge in [0.15, 0.2) is 0 Å². The first kappa shape index (κ1) is 10.9. The van der Waals surface area contributed by atoms with Crippen LogP contribution in [0, 0.1) is 11.6 Å². The molecule has 0 radical (unpaired) electrons. The smallest absolute Gasteiger partial charge is 0.128 e. The SMILES string of the molecule is CC(C)(CN)Nc1cc(F)cc(F)c1. The van der Waals surface area contributed by atoms with Crippen molar-refractivity contribution < 1.29 is 8.78 Å². The predicted molar refractivity (Wildman–Crippen MR) is 53.1 cm³/mol. The molecule has 3 N–H and O–H groups in total. The molecule has 1 rings (SSSR count). The Balaban J connectivity index is 2.87. The lowest BCUT2D eigenvalue weighted by Crippen LogP contribution is -2.39. The number of nitrogens with two attached hydrogens (primary N) is 1. The van der Waals surface area contributed by atoms with Crippen molar-refractivity contribution in [1.29, 1.82) is 0 Å². The van der Waals surface area contributed by atoms with Crippen LogP contribution in [0.15, 0.2) is 18.2 Å². The van der Waals surface area contributed by atoms with Gasteiger partial charge in [0.1, 0.15) is 11.6 Å². The van der Waals surface area contributed by atoms with Crippen molar-refractivity contribution in [2.45, 2.75) is 19.4 Å². The summed E-state index contributed by atoms with van der Waals surface area (Å²) in [7, 11) is 0. The van der Waals surface area contributed by atoms with Crippen LogP contribution in [0.3, 0.4) is 0 Å². The molecule has 0 aliphatic heterocycles. The van der Waals surface area contributed by atoms with E-state index < -0.39 is 11.6 Å². The van der Waals surface area contributed by atoms with E-state index in [2.05, 4.69) is 5.32 Å². The zero-order valence-corrected chi connectivity index (χ0v) is 8.27. The van der Waals surface area contributed by atoms with E-state index in [9.17, 15) is 8.78 Å². The third-order valence-electron chi connectivity index (χ3n) is 1.86. The van der Waals surface area contributed by atoms with Gasteiger partial charge in [0.25, 0.3) is 0 Å². The number of halogens is 2. The quantitative estimate of drug-likeness (QED) is 0.784. The van der Waals surface area contributed by atoms with E-state index in [1.807, 2.05) is 13.8 Å². The van der Waals surface area contributed by atoms with Crippen LogP contribution in [0.5, 0.6) is 0 Å². The highest BCUT2D eigenvalue weighted by Crippen LogP contribution is 2.17. The maximum absolute atomic E-state index is 12.8. The second-order valence-corrected chi connectivity index (χ2v) is 3.87. The molecule has 78 valence electrons. The highest BCUT2D eigenvalue weighted by Gasteiger charge is 2.15. The van der Waals surface area contributed by atoms with Gasteiger partial charge in [0.2, 0.25) is 0 Å². The second-order valence-electron chi connectivity index (χ2n) is 3.87. The summed E-state index contributed by atoms with van der Waals surface area (Å²) in [6.45, 7) is 4.09. The van der Waals surface area contributed by atoms with E-state index in [0.29, 0.717) is 12.2 Å². The van der Waals surface area contributed by atoms with Gasteiger partial charge in [-0.05, 0) is 26.0 Å². The lowest BCUT2D eigenvalue weighted by Gasteiger charge is -2.25. The van der Waals surface area contributed by atoms with E-state index in [1.54, 1.807) is 0 Å². The molecule has 1 aromatic carbocycles. The van der Waals surface area contributed by atoms with Crippen LogP contribution in [-0.2, 0) is 0 Å². The van der Waals surface area contributed by atoms with Gasteiger partial charge in [-0.25, -0.2) is 8.78 Å². The first-order valence-corrected chi connectivity index (χ1v) is 4.37. The summed E-state index contributed by atoms with van der Waals surface area (Å²) >= 11 is 0. The molecule has 0 aliphatic rings. The Kier molecular flexibility index (Phi) is 3.06. The largest absolute Gasteiger partial charge is 0.379 e. The fourth-order valence-corrected chi connectivity index (χ4v) is 1.07. The highest BCUT2D eigenvalue weighted by molar-refractivity contribution is 5.45. The average molecular weight is 200 g/mol. The first-order valence-electron chi connectivity index (χ1n) is 4.37. The van der Waals surface area contributed by atoms with Gasteiger partial charge in [-0.15, -0.1) is 0 Å². The summed E-state index contributed by atoms with van der Waals surface area (Å²) in [6.07, 6.45) is 0. The maximum atomic E-state index is 12.8. The Morgan fingerprint density at radius 3 is 2.14 bits per heavy atom. The van der Waals surface area contributed by atoms with Gasteiger partial charge in [0, 0.05) is 23.8 Å². The molecule has 2 nitrogen and oxygen atoms in total. The molecule has 1 aromatic rings. The molecular formula is C10H14F2N2. The third-order valence-corrected chi connectivity index (χ3v) is 1.86. The number of nitrogens with one attached hydrogen (secondary N) is 1. The zero-order chi connectivity index (χ0) is 10.8. The van der Waals surface area contributed by atoms with Crippen LogP contribution in [0.1, 0.15) is 13.8 Å². The summed E-state index contributed by atoms with van der Waals surface area (Å²) in [6, 6.07) is 3.31. The molecule has 0 saturated heterocycles. The Morgan fingerprint density at radius 2 is 1.71 bits per heavy atom. The molecule has 0 fully saturated rings. The molecule has 4 heteroatoms. The minimum atomic E-state index is -0.597. The fraction of sp³-hybridized carbons (Fsp3) is 0.400. The van der Waals surface area contributed by atoms with Gasteiger partial charge >= 0.3 is 0 Å². The fourth-order valence-electron chi connectivity index (χ4n) is 1.07. The normalized spacial score (nSPS) is 11.5. The Hall–Kier alpha value is -1.16. The number of rotatable bonds is 3. The Bertz CT molecular complexity index is 304. The zero-order valence-electron chi connectivity index (χ0n) is 8.27. The lowest BCUT2D eigenvalue weighted by atomic mass is 10.1. The average Bonchev–Trinajstić information content (AvgIpc) is 2.01. The summed E-state index contributed by atoms with van der Waals surface area (Å²) in [5.74, 6) is -1.19. The topological polar surface area (TPSA) is 38.0 Å². The summed E-state index contributed by atoms with van der Waals surface area (Å²) in [5.41, 5.74) is 5.51. The summed E-state index contributed by atoms with van der Waals surface area (Å²) in [5, 5.41) is 2.94. The van der Waals surface area contributed by atoms with Crippen LogP contribution in [0.2, 0.25) is 0 Å². The predicted octanol–water partition coefficient (Wildman–Crippen LogP) is 2.11. The Labute approximate surface area is 82.1 Å². The van der Waals surface area contributed by atoms with Gasteiger partial charge in [0.05, 0.1) is 0 Å². The number of hydrogen-bond acceptors (Lipinski definition) is 2. The molecule has 0 amide bonds. The summed E-state index contributed by atoms with van der Waals surface area (Å²) in [4.78, 5) is 0. The highest BCUT2D eigenvalue weighted by atomic mass is 19.1. The minimum absolute atomic E-state index is 0.375. The summed E-state index contributed by atoms with van der Waals surface area (Å²) < 4.78 is 25.6. The van der Waals surface area contributed by atoms with E-state index in [-0.39, 0.29) is 5.54 Å². The maximum Gasteiger partial charge on any atom is 0.128 e. The molecule has 0 spiro atoms. The van der Waals surface area contributed by atoms with Crippen LogP contribution in [-0.4, -0.2) is 12.1 Å². The van der Waals surface area contributed by atoms with E-state index in [1.165, 1.54) is 12.1 Å². The number of benzene rings is 1. The van der Waals surface area contributed by atoms with Crippen molar-refractivity contribution in [3.63, 3.8) is 0 Å². The van der Waals surface area contributed by atoms with Crippen molar-refractivity contribution in [3.05, 3.63) is 29.8 Å². The molecule has 0 unspecified atom stereocenters. The van der Waals surface area contributed by atoms with Crippen LogP contribution in [0.4, 0.5) is 14.5 Å². The van der Waals surface area contributed by atoms with Gasteiger partial charge in [-0.1, -0.05) is 0 Å². The van der Waals surface area contributed by atoms with Crippen molar-refractivity contribution in [2.75, 3.05) is 11.9 Å². The van der Waals surface area contributed by atoms with Crippen LogP contribution >= 0.6 is 0 Å². The molecule has 0 saturated carbocycles. The minimum Gasteiger partial charge on any atom is -0.379 e. The van der Waals surface area contributed by atoms with E-state index in [0.717, 1.165) is 6.07 Å². The Morgan fingerprint density at radius 1 is 1.21 bits per heavy atom. The molecule has 0 bridgehead atoms. The number of hydrogen-bond donors (Lipinski definition) is 2. The van der Waals surface area contributed by atoms with Gasteiger partial charge in [-0.3, -0.25) is 0 Å². The van der Waals surface area contributed by atoms with Crippen molar-refractivity contribution in [1.82, 2.24) is 0 Å². The van der Waals surface area contributed by atoms with Crippen molar-refractivity contribution >= 4 is 5.69 Å². The lowest BCUT2D eigenvalue weighted by molar-refractivity contribution is 0.567. The van der Waals surface area contributed by atoms with Crippen LogP contribution in [0.25, 0.3) is 0 Å².